The van der Waals surface area contributed by atoms with Crippen molar-refractivity contribution in [1.82, 2.24) is 15.1 Å². The van der Waals surface area contributed by atoms with E-state index in [1.807, 2.05) is 0 Å². The van der Waals surface area contributed by atoms with Crippen molar-refractivity contribution in [1.29, 1.82) is 0 Å². The summed E-state index contributed by atoms with van der Waals surface area (Å²) in [6.07, 6.45) is 43.2. The molecule has 3 N–H and O–H groups in total. The lowest BCUT2D eigenvalue weighted by atomic mass is 9.94. The summed E-state index contributed by atoms with van der Waals surface area (Å²) in [5, 5.41) is 9.39. The Morgan fingerprint density at radius 1 is 0.485 bits per heavy atom. The van der Waals surface area contributed by atoms with E-state index in [1.165, 1.54) is 180 Å². The maximum absolute atomic E-state index is 13.0. The number of amides is 1. The molecule has 0 aliphatic heterocycles. The van der Waals surface area contributed by atoms with Gasteiger partial charge in [0.2, 0.25) is 5.91 Å². The minimum absolute atomic E-state index is 0.0315. The summed E-state index contributed by atoms with van der Waals surface area (Å²) in [7, 11) is 3.84. The van der Waals surface area contributed by atoms with E-state index in [2.05, 4.69) is 60.5 Å². The molecule has 1 aromatic carbocycles. The van der Waals surface area contributed by atoms with Gasteiger partial charge in [0.15, 0.2) is 0 Å². The SMILES string of the molecule is CCCCCCCCC(CCCCCCCC)CNC(=O)CCCCCN(CCNc1c(NC)c(=O)c1=O)CCN(C)CCCCCC(=O)OCC(CCCCCCCC)CCCCCCCC. The number of rotatable bonds is 52. The Balaban J connectivity index is 2.51. The Morgan fingerprint density at radius 2 is 0.926 bits per heavy atom. The van der Waals surface area contributed by atoms with E-state index in [1.54, 1.807) is 7.05 Å². The van der Waals surface area contributed by atoms with Crippen LogP contribution in [-0.4, -0.2) is 88.2 Å². The third kappa shape index (κ3) is 34.8. The zero-order chi connectivity index (χ0) is 49.7. The molecule has 10 heteroatoms. The lowest BCUT2D eigenvalue weighted by Gasteiger charge is -2.26. The molecule has 10 nitrogen and oxygen atoms in total. The van der Waals surface area contributed by atoms with Gasteiger partial charge in [-0.25, -0.2) is 0 Å². The molecule has 0 spiro atoms. The van der Waals surface area contributed by atoms with Crippen LogP contribution in [0.4, 0.5) is 11.4 Å². The van der Waals surface area contributed by atoms with E-state index in [-0.39, 0.29) is 11.9 Å². The second kappa shape index (κ2) is 45.7. The summed E-state index contributed by atoms with van der Waals surface area (Å²) in [5.41, 5.74) is -0.127. The maximum atomic E-state index is 13.0. The normalized spacial score (nSPS) is 11.8. The molecule has 0 saturated carbocycles. The molecule has 398 valence electrons. The number of likely N-dealkylation sites (N-methyl/N-ethyl adjacent to an activating group) is 1. The Bertz CT molecular complexity index is 1350. The van der Waals surface area contributed by atoms with Gasteiger partial charge in [-0.05, 0) is 83.3 Å². The molecule has 1 aromatic rings. The zero-order valence-corrected chi connectivity index (χ0v) is 45.7. The standard InChI is InChI=1S/C58H111N5O5/c1-7-11-15-19-23-29-37-51(38-30-24-20-16-12-8-2)49-61-53(64)41-33-27-36-45-63(46-43-60-56-55(59-5)57(66)58(56)67)48-47-62(6)44-35-28-34-42-54(65)68-50-52(39-31-25-21-17-13-9-3)40-32-26-22-18-14-10-4/h51-52,59-60H,7-50H2,1-6H3,(H,61,64). The lowest BCUT2D eigenvalue weighted by molar-refractivity contribution is -0.145. The molecular formula is C58H111N5O5. The van der Waals surface area contributed by atoms with Gasteiger partial charge >= 0.3 is 5.97 Å². The summed E-state index contributed by atoms with van der Waals surface area (Å²) in [6.45, 7) is 15.5. The van der Waals surface area contributed by atoms with Crippen molar-refractivity contribution < 1.29 is 14.3 Å². The van der Waals surface area contributed by atoms with Crippen LogP contribution in [0.25, 0.3) is 0 Å². The van der Waals surface area contributed by atoms with Crippen LogP contribution in [0.1, 0.15) is 259 Å². The number of unbranched alkanes of at least 4 members (excludes halogenated alkanes) is 24. The Hall–Kier alpha value is -2.46. The van der Waals surface area contributed by atoms with Gasteiger partial charge < -0.3 is 30.5 Å². The molecule has 1 amide bonds. The number of carbonyl (C=O) groups is 2. The highest BCUT2D eigenvalue weighted by atomic mass is 16.5. The minimum Gasteiger partial charge on any atom is -0.465 e. The summed E-state index contributed by atoms with van der Waals surface area (Å²) in [6, 6.07) is 0. The number of hydrogen-bond donors (Lipinski definition) is 3. The van der Waals surface area contributed by atoms with Gasteiger partial charge in [0, 0.05) is 52.6 Å². The molecular weight excluding hydrogens is 847 g/mol. The summed E-state index contributed by atoms with van der Waals surface area (Å²) >= 11 is 0. The molecule has 0 radical (unpaired) electrons. The van der Waals surface area contributed by atoms with Crippen LogP contribution >= 0.6 is 0 Å². The van der Waals surface area contributed by atoms with E-state index in [4.69, 9.17) is 4.74 Å². The molecule has 0 heterocycles. The third-order valence-corrected chi connectivity index (χ3v) is 14.4. The second-order valence-corrected chi connectivity index (χ2v) is 20.8. The highest BCUT2D eigenvalue weighted by Crippen LogP contribution is 2.22. The molecule has 0 fully saturated rings. The van der Waals surface area contributed by atoms with Gasteiger partial charge in [-0.2, -0.15) is 0 Å². The smallest absolute Gasteiger partial charge is 0.305 e. The van der Waals surface area contributed by atoms with Crippen molar-refractivity contribution in [2.75, 3.05) is 77.1 Å². The molecule has 0 aromatic heterocycles. The first kappa shape index (κ1) is 63.6. The zero-order valence-electron chi connectivity index (χ0n) is 45.7. The van der Waals surface area contributed by atoms with Gasteiger partial charge in [-0.1, -0.05) is 195 Å². The first-order chi connectivity index (χ1) is 33.2. The number of esters is 1. The van der Waals surface area contributed by atoms with Crippen LogP contribution in [0.3, 0.4) is 0 Å². The first-order valence-corrected chi connectivity index (χ1v) is 29.3. The number of ether oxygens (including phenoxy) is 1. The number of nitrogens with one attached hydrogen (secondary N) is 3. The molecule has 0 atom stereocenters. The first-order valence-electron chi connectivity index (χ1n) is 29.3. The number of nitrogens with zero attached hydrogens (tertiary/aromatic N) is 2. The Labute approximate surface area is 419 Å². The minimum atomic E-state index is -0.452. The van der Waals surface area contributed by atoms with Crippen LogP contribution in [0, 0.1) is 11.8 Å². The van der Waals surface area contributed by atoms with Crippen molar-refractivity contribution in [3.8, 4) is 0 Å². The highest BCUT2D eigenvalue weighted by molar-refractivity contribution is 5.75. The fourth-order valence-corrected chi connectivity index (χ4v) is 9.67. The van der Waals surface area contributed by atoms with Gasteiger partial charge in [-0.3, -0.25) is 19.2 Å². The average molecular weight is 959 g/mol. The predicted octanol–water partition coefficient (Wildman–Crippen LogP) is 14.0. The highest BCUT2D eigenvalue weighted by Gasteiger charge is 2.20. The van der Waals surface area contributed by atoms with Crippen LogP contribution in [-0.2, 0) is 14.3 Å². The van der Waals surface area contributed by atoms with Crippen LogP contribution in [0.5, 0.6) is 0 Å². The molecule has 0 aliphatic carbocycles. The predicted molar refractivity (Wildman–Crippen MR) is 293 cm³/mol. The van der Waals surface area contributed by atoms with Crippen molar-refractivity contribution in [2.24, 2.45) is 11.8 Å². The van der Waals surface area contributed by atoms with Crippen molar-refractivity contribution in [3.05, 3.63) is 20.4 Å². The molecule has 1 rings (SSSR count). The molecule has 68 heavy (non-hydrogen) atoms. The topological polar surface area (TPSA) is 120 Å². The van der Waals surface area contributed by atoms with E-state index in [0.29, 0.717) is 49.2 Å². The van der Waals surface area contributed by atoms with Crippen molar-refractivity contribution >= 4 is 23.3 Å². The van der Waals surface area contributed by atoms with E-state index in [0.717, 1.165) is 77.8 Å². The quantitative estimate of drug-likeness (QED) is 0.0333. The molecule has 0 aliphatic rings. The summed E-state index contributed by atoms with van der Waals surface area (Å²) in [5.74, 6) is 1.26. The average Bonchev–Trinajstić information content (AvgIpc) is 3.34. The van der Waals surface area contributed by atoms with Crippen LogP contribution in [0.2, 0.25) is 0 Å². The number of anilines is 2. The second-order valence-electron chi connectivity index (χ2n) is 20.8. The fraction of sp³-hybridized carbons (Fsp3) is 0.897. The van der Waals surface area contributed by atoms with Crippen LogP contribution in [0.15, 0.2) is 9.59 Å². The monoisotopic (exact) mass is 958 g/mol. The number of hydrogen-bond acceptors (Lipinski definition) is 9. The van der Waals surface area contributed by atoms with Crippen molar-refractivity contribution in [3.63, 3.8) is 0 Å². The fourth-order valence-electron chi connectivity index (χ4n) is 9.67. The lowest BCUT2D eigenvalue weighted by Crippen LogP contribution is -2.40. The summed E-state index contributed by atoms with van der Waals surface area (Å²) < 4.78 is 5.87. The third-order valence-electron chi connectivity index (χ3n) is 14.4. The number of carbonyl (C=O) groups excluding carboxylic acids is 2. The van der Waals surface area contributed by atoms with Crippen molar-refractivity contribution in [2.45, 2.75) is 259 Å². The van der Waals surface area contributed by atoms with Gasteiger partial charge in [0.05, 0.1) is 6.61 Å². The van der Waals surface area contributed by atoms with E-state index < -0.39 is 10.9 Å². The van der Waals surface area contributed by atoms with Gasteiger partial charge in [0.1, 0.15) is 11.4 Å². The molecule has 0 unspecified atom stereocenters. The van der Waals surface area contributed by atoms with E-state index >= 15 is 0 Å². The molecule has 0 saturated heterocycles. The van der Waals surface area contributed by atoms with Crippen LogP contribution < -0.4 is 26.8 Å². The van der Waals surface area contributed by atoms with Gasteiger partial charge in [-0.15, -0.1) is 0 Å². The van der Waals surface area contributed by atoms with Gasteiger partial charge in [0.25, 0.3) is 10.9 Å². The maximum Gasteiger partial charge on any atom is 0.305 e. The Kier molecular flexibility index (Phi) is 42.7. The summed E-state index contributed by atoms with van der Waals surface area (Å²) in [4.78, 5) is 54.7. The largest absolute Gasteiger partial charge is 0.465 e. The van der Waals surface area contributed by atoms with E-state index in [9.17, 15) is 19.2 Å². The molecule has 0 bridgehead atoms. The Morgan fingerprint density at radius 3 is 1.44 bits per heavy atom.